The molecular formula is C37H48N6O6. The van der Waals surface area contributed by atoms with Gasteiger partial charge in [-0.25, -0.2) is 4.79 Å². The summed E-state index contributed by atoms with van der Waals surface area (Å²) in [7, 11) is 1.69. The molecule has 12 heteroatoms. The molecule has 0 saturated heterocycles. The second-order valence-corrected chi connectivity index (χ2v) is 12.6. The van der Waals surface area contributed by atoms with Crippen LogP contribution in [0, 0.1) is 5.92 Å². The summed E-state index contributed by atoms with van der Waals surface area (Å²) in [5, 5.41) is 18.5. The predicted molar refractivity (Wildman–Crippen MR) is 191 cm³/mol. The van der Waals surface area contributed by atoms with Crippen molar-refractivity contribution in [2.75, 3.05) is 48.4 Å². The minimum atomic E-state index is -0.475. The number of aliphatic hydroxyl groups excluding tert-OH is 1. The number of nitrogens with one attached hydrogen (secondary N) is 3. The van der Waals surface area contributed by atoms with Gasteiger partial charge in [0.05, 0.1) is 37.0 Å². The van der Waals surface area contributed by atoms with Crippen LogP contribution in [0.25, 0.3) is 0 Å². The quantitative estimate of drug-likeness (QED) is 0.124. The highest BCUT2D eigenvalue weighted by Crippen LogP contribution is 2.29. The van der Waals surface area contributed by atoms with Gasteiger partial charge in [0, 0.05) is 49.3 Å². The lowest BCUT2D eigenvalue weighted by atomic mass is 10.0. The maximum absolute atomic E-state index is 13.5. The lowest BCUT2D eigenvalue weighted by molar-refractivity contribution is -0.134. The number of aliphatic hydroxyl groups is 1. The number of unbranched alkanes of at least 4 members (excludes halogenated alkanes) is 2. The first-order valence-corrected chi connectivity index (χ1v) is 16.7. The first-order chi connectivity index (χ1) is 23.5. The molecule has 0 bridgehead atoms. The van der Waals surface area contributed by atoms with E-state index in [0.29, 0.717) is 66.3 Å². The van der Waals surface area contributed by atoms with Gasteiger partial charge in [-0.3, -0.25) is 14.4 Å². The minimum Gasteiger partial charge on any atom is -0.488 e. The Labute approximate surface area is 288 Å². The third kappa shape index (κ3) is 11.0. The Bertz CT molecular complexity index is 1580. The number of hydrogen-bond donors (Lipinski definition) is 5. The van der Waals surface area contributed by atoms with Gasteiger partial charge < -0.3 is 41.3 Å². The van der Waals surface area contributed by atoms with Gasteiger partial charge in [-0.15, -0.1) is 0 Å². The van der Waals surface area contributed by atoms with E-state index in [0.717, 1.165) is 0 Å². The van der Waals surface area contributed by atoms with Crippen LogP contribution in [0.15, 0.2) is 72.8 Å². The SMILES string of the molecule is C[C@H](CO)N1C[C@H](C)[C@H](CN(C)C(=O)Nc2ccccc2)Oc2ccc(NC(=O)CCCCCC(=O)Nc3ccccc3N)cc2CC1=O. The van der Waals surface area contributed by atoms with E-state index in [1.54, 1.807) is 66.2 Å². The molecule has 262 valence electrons. The Kier molecular flexibility index (Phi) is 13.4. The van der Waals surface area contributed by atoms with Gasteiger partial charge in [0.15, 0.2) is 0 Å². The van der Waals surface area contributed by atoms with Crippen molar-refractivity contribution in [3.8, 4) is 5.75 Å². The molecule has 1 heterocycles. The molecule has 0 saturated carbocycles. The number of likely N-dealkylation sites (N-methyl/N-ethyl adjacent to an activating group) is 1. The molecule has 0 aliphatic carbocycles. The van der Waals surface area contributed by atoms with E-state index in [4.69, 9.17) is 10.5 Å². The number of para-hydroxylation sites is 3. The molecule has 49 heavy (non-hydrogen) atoms. The number of nitrogen functional groups attached to an aromatic ring is 1. The molecule has 6 N–H and O–H groups in total. The fourth-order valence-electron chi connectivity index (χ4n) is 5.61. The summed E-state index contributed by atoms with van der Waals surface area (Å²) in [6, 6.07) is 20.8. The number of anilines is 4. The lowest BCUT2D eigenvalue weighted by Crippen LogP contribution is -2.48. The summed E-state index contributed by atoms with van der Waals surface area (Å²) in [5.41, 5.74) is 8.78. The highest BCUT2D eigenvalue weighted by Gasteiger charge is 2.32. The average Bonchev–Trinajstić information content (AvgIpc) is 3.12. The molecule has 0 unspecified atom stereocenters. The van der Waals surface area contributed by atoms with E-state index in [1.165, 1.54) is 0 Å². The molecular weight excluding hydrogens is 624 g/mol. The molecule has 0 spiro atoms. The summed E-state index contributed by atoms with van der Waals surface area (Å²) >= 11 is 0. The number of rotatable bonds is 13. The van der Waals surface area contributed by atoms with Crippen LogP contribution in [0.1, 0.15) is 51.5 Å². The van der Waals surface area contributed by atoms with E-state index in [-0.39, 0.29) is 55.7 Å². The maximum Gasteiger partial charge on any atom is 0.321 e. The number of ether oxygens (including phenoxy) is 1. The first-order valence-electron chi connectivity index (χ1n) is 16.7. The van der Waals surface area contributed by atoms with Crippen LogP contribution in [-0.4, -0.2) is 77.5 Å². The summed E-state index contributed by atoms with van der Waals surface area (Å²) < 4.78 is 6.51. The van der Waals surface area contributed by atoms with E-state index in [2.05, 4.69) is 16.0 Å². The van der Waals surface area contributed by atoms with Gasteiger partial charge in [-0.2, -0.15) is 0 Å². The Morgan fingerprint density at radius 3 is 2.31 bits per heavy atom. The number of hydrogen-bond acceptors (Lipinski definition) is 7. The van der Waals surface area contributed by atoms with Crippen LogP contribution in [-0.2, 0) is 20.8 Å². The topological polar surface area (TPSA) is 166 Å². The molecule has 4 rings (SSSR count). The van der Waals surface area contributed by atoms with Gasteiger partial charge in [0.1, 0.15) is 11.9 Å². The zero-order valence-corrected chi connectivity index (χ0v) is 28.5. The number of nitrogens with two attached hydrogens (primary N) is 1. The average molecular weight is 673 g/mol. The molecule has 3 atom stereocenters. The molecule has 0 fully saturated rings. The van der Waals surface area contributed by atoms with Gasteiger partial charge in [0.2, 0.25) is 17.7 Å². The molecule has 1 aliphatic rings. The number of fused-ring (bicyclic) bond motifs is 1. The Hall–Kier alpha value is -5.10. The van der Waals surface area contributed by atoms with E-state index < -0.39 is 12.1 Å². The normalized spacial score (nSPS) is 16.6. The summed E-state index contributed by atoms with van der Waals surface area (Å²) in [6.45, 7) is 4.14. The second-order valence-electron chi connectivity index (χ2n) is 12.6. The monoisotopic (exact) mass is 672 g/mol. The van der Waals surface area contributed by atoms with Gasteiger partial charge in [0.25, 0.3) is 0 Å². The largest absolute Gasteiger partial charge is 0.488 e. The zero-order chi connectivity index (χ0) is 35.3. The lowest BCUT2D eigenvalue weighted by Gasteiger charge is -2.34. The fourth-order valence-corrected chi connectivity index (χ4v) is 5.61. The number of carbonyl (C=O) groups is 4. The van der Waals surface area contributed by atoms with Crippen LogP contribution in [0.4, 0.5) is 27.5 Å². The van der Waals surface area contributed by atoms with Crippen molar-refractivity contribution >= 4 is 46.5 Å². The van der Waals surface area contributed by atoms with E-state index in [1.807, 2.05) is 37.3 Å². The molecule has 3 aromatic carbocycles. The van der Waals surface area contributed by atoms with Gasteiger partial charge >= 0.3 is 6.03 Å². The Morgan fingerprint density at radius 1 is 0.939 bits per heavy atom. The van der Waals surface area contributed by atoms with Gasteiger partial charge in [-0.1, -0.05) is 43.7 Å². The number of urea groups is 1. The number of carbonyl (C=O) groups excluding carboxylic acids is 4. The first kappa shape index (κ1) is 36.7. The summed E-state index contributed by atoms with van der Waals surface area (Å²) in [5.74, 6) is -0.158. The van der Waals surface area contributed by atoms with Crippen LogP contribution < -0.4 is 26.4 Å². The Morgan fingerprint density at radius 2 is 1.61 bits per heavy atom. The van der Waals surface area contributed by atoms with Crippen LogP contribution in [0.3, 0.4) is 0 Å². The predicted octanol–water partition coefficient (Wildman–Crippen LogP) is 5.11. The van der Waals surface area contributed by atoms with Crippen LogP contribution >= 0.6 is 0 Å². The molecule has 12 nitrogen and oxygen atoms in total. The number of benzene rings is 3. The van der Waals surface area contributed by atoms with Gasteiger partial charge in [-0.05, 0) is 62.2 Å². The third-order valence-corrected chi connectivity index (χ3v) is 8.57. The molecule has 0 radical (unpaired) electrons. The molecule has 0 aromatic heterocycles. The van der Waals surface area contributed by atoms with Crippen molar-refractivity contribution in [2.24, 2.45) is 5.92 Å². The van der Waals surface area contributed by atoms with Crippen molar-refractivity contribution in [3.63, 3.8) is 0 Å². The third-order valence-electron chi connectivity index (χ3n) is 8.57. The standard InChI is InChI=1S/C37H48N6O6/c1-25-22-43(26(2)24-44)36(47)21-27-20-29(39-34(45)16-8-5-9-17-35(46)41-31-15-11-10-14-30(31)38)18-19-32(27)49-33(25)23-42(3)37(48)40-28-12-6-4-7-13-28/h4,6-7,10-15,18-20,25-26,33,44H,5,8-9,16-17,21-24,38H2,1-3H3,(H,39,45)(H,40,48)(H,41,46)/t25-,26+,33-/m0/s1. The highest BCUT2D eigenvalue weighted by atomic mass is 16.5. The zero-order valence-electron chi connectivity index (χ0n) is 28.5. The minimum absolute atomic E-state index is 0.0177. The van der Waals surface area contributed by atoms with Crippen molar-refractivity contribution in [1.29, 1.82) is 0 Å². The van der Waals surface area contributed by atoms with E-state index in [9.17, 15) is 24.3 Å². The number of nitrogens with zero attached hydrogens (tertiary/aromatic N) is 2. The van der Waals surface area contributed by atoms with Crippen molar-refractivity contribution in [3.05, 3.63) is 78.4 Å². The van der Waals surface area contributed by atoms with Crippen molar-refractivity contribution in [2.45, 2.75) is 64.5 Å². The summed E-state index contributed by atoms with van der Waals surface area (Å²) in [4.78, 5) is 54.8. The fraction of sp³-hybridized carbons (Fsp3) is 0.405. The Balaban J connectivity index is 1.37. The molecule has 5 amide bonds. The maximum atomic E-state index is 13.5. The van der Waals surface area contributed by atoms with Crippen LogP contribution in [0.5, 0.6) is 5.75 Å². The van der Waals surface area contributed by atoms with Crippen molar-refractivity contribution < 1.29 is 29.0 Å². The van der Waals surface area contributed by atoms with Crippen molar-refractivity contribution in [1.82, 2.24) is 9.80 Å². The second kappa shape index (κ2) is 17.9. The van der Waals surface area contributed by atoms with Crippen LogP contribution in [0.2, 0.25) is 0 Å². The molecule has 1 aliphatic heterocycles. The smallest absolute Gasteiger partial charge is 0.321 e. The molecule has 3 aromatic rings. The van der Waals surface area contributed by atoms with E-state index >= 15 is 0 Å². The highest BCUT2D eigenvalue weighted by molar-refractivity contribution is 5.94. The number of amides is 5. The summed E-state index contributed by atoms with van der Waals surface area (Å²) in [6.07, 6.45) is 2.09.